The van der Waals surface area contributed by atoms with Gasteiger partial charge in [0.2, 0.25) is 0 Å². The molecule has 0 radical (unpaired) electrons. The van der Waals surface area contributed by atoms with Crippen molar-refractivity contribution in [1.82, 2.24) is 10.2 Å². The van der Waals surface area contributed by atoms with Crippen molar-refractivity contribution in [2.75, 3.05) is 26.2 Å². The van der Waals surface area contributed by atoms with E-state index in [0.717, 1.165) is 12.6 Å². The quantitative estimate of drug-likeness (QED) is 0.666. The van der Waals surface area contributed by atoms with Gasteiger partial charge in [-0.25, -0.2) is 0 Å². The molecule has 16 heavy (non-hydrogen) atoms. The second-order valence-electron chi connectivity index (χ2n) is 5.63. The lowest BCUT2D eigenvalue weighted by molar-refractivity contribution is 0.158. The van der Waals surface area contributed by atoms with E-state index in [1.54, 1.807) is 0 Å². The van der Waals surface area contributed by atoms with Crippen molar-refractivity contribution in [2.24, 2.45) is 5.41 Å². The van der Waals surface area contributed by atoms with Crippen LogP contribution in [0.15, 0.2) is 12.7 Å². The van der Waals surface area contributed by atoms with Crippen molar-refractivity contribution in [2.45, 2.75) is 45.1 Å². The van der Waals surface area contributed by atoms with Crippen LogP contribution in [0.1, 0.15) is 39.0 Å². The molecule has 2 heteroatoms. The Morgan fingerprint density at radius 3 is 2.81 bits per heavy atom. The summed E-state index contributed by atoms with van der Waals surface area (Å²) in [5.74, 6) is 0. The fourth-order valence-electron chi connectivity index (χ4n) is 3.13. The zero-order chi connectivity index (χ0) is 11.4. The van der Waals surface area contributed by atoms with Crippen molar-refractivity contribution in [3.8, 4) is 0 Å². The molecule has 1 saturated heterocycles. The Labute approximate surface area is 100 Å². The molecule has 92 valence electrons. The van der Waals surface area contributed by atoms with Crippen LogP contribution in [0.2, 0.25) is 0 Å². The summed E-state index contributed by atoms with van der Waals surface area (Å²) in [5.41, 5.74) is 0.556. The van der Waals surface area contributed by atoms with Gasteiger partial charge in [-0.05, 0) is 37.6 Å². The number of hydrogen-bond acceptors (Lipinski definition) is 2. The highest BCUT2D eigenvalue weighted by molar-refractivity contribution is 4.96. The van der Waals surface area contributed by atoms with E-state index in [2.05, 4.69) is 29.8 Å². The fraction of sp³-hybridized carbons (Fsp3) is 0.857. The van der Waals surface area contributed by atoms with E-state index >= 15 is 0 Å². The third-order valence-corrected chi connectivity index (χ3v) is 4.08. The van der Waals surface area contributed by atoms with Crippen LogP contribution >= 0.6 is 0 Å². The minimum Gasteiger partial charge on any atom is -0.316 e. The summed E-state index contributed by atoms with van der Waals surface area (Å²) in [7, 11) is 0. The van der Waals surface area contributed by atoms with Crippen LogP contribution in [0, 0.1) is 5.41 Å². The number of hydrogen-bond donors (Lipinski definition) is 1. The van der Waals surface area contributed by atoms with Gasteiger partial charge in [0.1, 0.15) is 0 Å². The maximum absolute atomic E-state index is 3.90. The van der Waals surface area contributed by atoms with Crippen molar-refractivity contribution >= 4 is 0 Å². The minimum atomic E-state index is 0.556. The summed E-state index contributed by atoms with van der Waals surface area (Å²) in [4.78, 5) is 2.66. The van der Waals surface area contributed by atoms with Crippen LogP contribution in [0.5, 0.6) is 0 Å². The van der Waals surface area contributed by atoms with Gasteiger partial charge in [0.05, 0.1) is 0 Å². The molecule has 0 amide bonds. The van der Waals surface area contributed by atoms with Crippen molar-refractivity contribution in [3.63, 3.8) is 0 Å². The first-order valence-corrected chi connectivity index (χ1v) is 6.85. The summed E-state index contributed by atoms with van der Waals surface area (Å²) < 4.78 is 0. The molecule has 0 aromatic heterocycles. The summed E-state index contributed by atoms with van der Waals surface area (Å²) >= 11 is 0. The van der Waals surface area contributed by atoms with Gasteiger partial charge in [-0.1, -0.05) is 19.4 Å². The van der Waals surface area contributed by atoms with Gasteiger partial charge in [0, 0.05) is 25.7 Å². The van der Waals surface area contributed by atoms with Gasteiger partial charge in [-0.2, -0.15) is 0 Å². The maximum atomic E-state index is 3.90. The molecule has 2 rings (SSSR count). The highest BCUT2D eigenvalue weighted by Gasteiger charge is 2.38. The molecule has 1 aliphatic carbocycles. The molecule has 1 atom stereocenters. The Hall–Kier alpha value is -0.340. The molecule has 0 bridgehead atoms. The molecular formula is C14H26N2. The fourth-order valence-corrected chi connectivity index (χ4v) is 3.13. The number of nitrogens with zero attached hydrogens (tertiary/aromatic N) is 1. The number of rotatable bonds is 7. The van der Waals surface area contributed by atoms with E-state index in [9.17, 15) is 0 Å². The van der Waals surface area contributed by atoms with E-state index in [1.807, 2.05) is 0 Å². The van der Waals surface area contributed by atoms with Crippen LogP contribution < -0.4 is 5.32 Å². The van der Waals surface area contributed by atoms with Gasteiger partial charge in [0.25, 0.3) is 0 Å². The van der Waals surface area contributed by atoms with Crippen molar-refractivity contribution in [3.05, 3.63) is 12.7 Å². The molecule has 2 aliphatic rings. The molecule has 1 saturated carbocycles. The first kappa shape index (κ1) is 12.1. The Morgan fingerprint density at radius 2 is 2.31 bits per heavy atom. The van der Waals surface area contributed by atoms with E-state index in [0.29, 0.717) is 5.41 Å². The summed E-state index contributed by atoms with van der Waals surface area (Å²) in [6, 6.07) is 0.868. The predicted molar refractivity (Wildman–Crippen MR) is 69.6 cm³/mol. The number of nitrogens with one attached hydrogen (secondary N) is 1. The average molecular weight is 222 g/mol. The van der Waals surface area contributed by atoms with E-state index in [1.165, 1.54) is 51.7 Å². The van der Waals surface area contributed by atoms with Crippen LogP contribution in [-0.2, 0) is 0 Å². The molecule has 1 aliphatic heterocycles. The second-order valence-corrected chi connectivity index (χ2v) is 5.63. The Morgan fingerprint density at radius 1 is 1.50 bits per heavy atom. The molecule has 1 N–H and O–H groups in total. The molecule has 2 fully saturated rings. The van der Waals surface area contributed by atoms with Crippen molar-refractivity contribution in [1.29, 1.82) is 0 Å². The molecule has 1 heterocycles. The van der Waals surface area contributed by atoms with Gasteiger partial charge >= 0.3 is 0 Å². The summed E-state index contributed by atoms with van der Waals surface area (Å²) in [6.07, 6.45) is 8.93. The highest BCUT2D eigenvalue weighted by Crippen LogP contribution is 2.36. The lowest BCUT2D eigenvalue weighted by atomic mass is 9.82. The lowest BCUT2D eigenvalue weighted by Gasteiger charge is -2.34. The highest BCUT2D eigenvalue weighted by atomic mass is 15.2. The summed E-state index contributed by atoms with van der Waals surface area (Å²) in [5, 5.41) is 3.55. The Balaban J connectivity index is 1.94. The van der Waals surface area contributed by atoms with Gasteiger partial charge in [-0.3, -0.25) is 4.90 Å². The largest absolute Gasteiger partial charge is 0.316 e. The molecular weight excluding hydrogens is 196 g/mol. The molecule has 0 spiro atoms. The Bertz CT molecular complexity index is 227. The predicted octanol–water partition coefficient (Wildman–Crippen LogP) is 2.42. The zero-order valence-electron chi connectivity index (χ0n) is 10.7. The standard InChI is InChI=1S/C14H26N2/c1-3-7-14(8-9-15-11-14)12-16(10-4-2)13-5-6-13/h4,13,15H,2-3,5-12H2,1H3. The first-order chi connectivity index (χ1) is 7.79. The van der Waals surface area contributed by atoms with Gasteiger partial charge < -0.3 is 5.32 Å². The normalized spacial score (nSPS) is 29.9. The second kappa shape index (κ2) is 5.33. The van der Waals surface area contributed by atoms with Crippen LogP contribution in [0.25, 0.3) is 0 Å². The van der Waals surface area contributed by atoms with E-state index < -0.39 is 0 Å². The summed E-state index contributed by atoms with van der Waals surface area (Å²) in [6.45, 7) is 11.0. The van der Waals surface area contributed by atoms with Crippen molar-refractivity contribution < 1.29 is 0 Å². The molecule has 2 nitrogen and oxygen atoms in total. The maximum Gasteiger partial charge on any atom is 0.0163 e. The molecule has 1 unspecified atom stereocenters. The van der Waals surface area contributed by atoms with E-state index in [-0.39, 0.29) is 0 Å². The third kappa shape index (κ3) is 2.86. The molecule has 0 aromatic rings. The minimum absolute atomic E-state index is 0.556. The van der Waals surface area contributed by atoms with Crippen LogP contribution in [0.4, 0.5) is 0 Å². The van der Waals surface area contributed by atoms with E-state index in [4.69, 9.17) is 0 Å². The third-order valence-electron chi connectivity index (χ3n) is 4.08. The van der Waals surface area contributed by atoms with Gasteiger partial charge in [-0.15, -0.1) is 6.58 Å². The monoisotopic (exact) mass is 222 g/mol. The topological polar surface area (TPSA) is 15.3 Å². The zero-order valence-corrected chi connectivity index (χ0v) is 10.7. The average Bonchev–Trinajstić information content (AvgIpc) is 3.02. The first-order valence-electron chi connectivity index (χ1n) is 6.85. The van der Waals surface area contributed by atoms with Crippen LogP contribution in [-0.4, -0.2) is 37.1 Å². The SMILES string of the molecule is C=CCN(CC1(CCC)CCNC1)C1CC1. The lowest BCUT2D eigenvalue weighted by Crippen LogP contribution is -2.40. The van der Waals surface area contributed by atoms with Crippen LogP contribution in [0.3, 0.4) is 0 Å². The van der Waals surface area contributed by atoms with Gasteiger partial charge in [0.15, 0.2) is 0 Å². The smallest absolute Gasteiger partial charge is 0.0163 e. The molecule has 0 aromatic carbocycles. The Kier molecular flexibility index (Phi) is 4.04.